The third-order valence-corrected chi connectivity index (χ3v) is 3.29. The zero-order valence-corrected chi connectivity index (χ0v) is 10.9. The molecule has 1 aliphatic rings. The smallest absolute Gasteiger partial charge is 0.326 e. The van der Waals surface area contributed by atoms with Gasteiger partial charge in [0.15, 0.2) is 11.6 Å². The zero-order chi connectivity index (χ0) is 15.6. The van der Waals surface area contributed by atoms with Crippen LogP contribution in [-0.4, -0.2) is 34.6 Å². The molecule has 1 atom stereocenters. The molecule has 1 aliphatic heterocycles. The van der Waals surface area contributed by atoms with E-state index in [2.05, 4.69) is 0 Å². The predicted octanol–water partition coefficient (Wildman–Crippen LogP) is 2.57. The fourth-order valence-electron chi connectivity index (χ4n) is 2.27. The molecule has 21 heavy (non-hydrogen) atoms. The molecule has 8 heteroatoms. The van der Waals surface area contributed by atoms with Gasteiger partial charge in [0.1, 0.15) is 17.5 Å². The molecule has 5 nitrogen and oxygen atoms in total. The van der Waals surface area contributed by atoms with Gasteiger partial charge in [-0.3, -0.25) is 0 Å². The van der Waals surface area contributed by atoms with Gasteiger partial charge in [-0.2, -0.15) is 0 Å². The Kier molecular flexibility index (Phi) is 4.35. The van der Waals surface area contributed by atoms with Crippen LogP contribution in [0.4, 0.5) is 23.7 Å². The average molecular weight is 302 g/mol. The number of carbonyl (C=O) groups is 2. The number of benzene rings is 1. The number of piperidine rings is 1. The van der Waals surface area contributed by atoms with Crippen LogP contribution in [0, 0.1) is 17.5 Å². The summed E-state index contributed by atoms with van der Waals surface area (Å²) >= 11 is 0. The van der Waals surface area contributed by atoms with Crippen LogP contribution in [0.5, 0.6) is 0 Å². The number of urea groups is 1. The van der Waals surface area contributed by atoms with Crippen molar-refractivity contribution in [2.75, 3.05) is 11.9 Å². The Morgan fingerprint density at radius 3 is 2.38 bits per heavy atom. The SMILES string of the molecule is O=C(O)C1CCCCN1C(=O)Nc1c(F)cc(F)cc1F. The molecule has 0 radical (unpaired) electrons. The number of carbonyl (C=O) groups excluding carboxylic acids is 1. The highest BCUT2D eigenvalue weighted by Gasteiger charge is 2.32. The minimum atomic E-state index is -1.26. The Morgan fingerprint density at radius 2 is 1.81 bits per heavy atom. The zero-order valence-electron chi connectivity index (χ0n) is 10.9. The number of nitrogens with one attached hydrogen (secondary N) is 1. The molecule has 1 aromatic carbocycles. The van der Waals surface area contributed by atoms with E-state index in [1.165, 1.54) is 0 Å². The number of hydrogen-bond acceptors (Lipinski definition) is 2. The Labute approximate surface area is 118 Å². The number of amides is 2. The normalized spacial score (nSPS) is 18.4. The molecule has 1 heterocycles. The van der Waals surface area contributed by atoms with Crippen LogP contribution in [0.2, 0.25) is 0 Å². The summed E-state index contributed by atoms with van der Waals surface area (Å²) in [6.45, 7) is 0.174. The van der Waals surface area contributed by atoms with Gasteiger partial charge in [-0.25, -0.2) is 22.8 Å². The van der Waals surface area contributed by atoms with Gasteiger partial charge in [0.05, 0.1) is 0 Å². The van der Waals surface area contributed by atoms with E-state index in [0.29, 0.717) is 25.0 Å². The molecule has 1 unspecified atom stereocenters. The van der Waals surface area contributed by atoms with Crippen LogP contribution >= 0.6 is 0 Å². The van der Waals surface area contributed by atoms with Crippen molar-refractivity contribution in [3.8, 4) is 0 Å². The quantitative estimate of drug-likeness (QED) is 0.882. The summed E-state index contributed by atoms with van der Waals surface area (Å²) < 4.78 is 39.7. The molecule has 0 bridgehead atoms. The molecule has 1 fully saturated rings. The topological polar surface area (TPSA) is 69.6 Å². The van der Waals surface area contributed by atoms with Crippen molar-refractivity contribution in [2.24, 2.45) is 0 Å². The largest absolute Gasteiger partial charge is 0.480 e. The average Bonchev–Trinajstić information content (AvgIpc) is 2.42. The summed E-state index contributed by atoms with van der Waals surface area (Å²) in [5, 5.41) is 11.0. The summed E-state index contributed by atoms with van der Waals surface area (Å²) in [7, 11) is 0. The second kappa shape index (κ2) is 6.02. The third kappa shape index (κ3) is 3.26. The van der Waals surface area contributed by atoms with E-state index in [-0.39, 0.29) is 13.0 Å². The van der Waals surface area contributed by atoms with E-state index in [0.717, 1.165) is 4.90 Å². The van der Waals surface area contributed by atoms with E-state index in [4.69, 9.17) is 5.11 Å². The molecule has 1 saturated heterocycles. The van der Waals surface area contributed by atoms with Crippen molar-refractivity contribution in [2.45, 2.75) is 25.3 Å². The molecular formula is C13H13F3N2O3. The molecule has 2 rings (SSSR count). The number of likely N-dealkylation sites (tertiary alicyclic amines) is 1. The van der Waals surface area contributed by atoms with Crippen molar-refractivity contribution in [3.05, 3.63) is 29.6 Å². The highest BCUT2D eigenvalue weighted by atomic mass is 19.1. The van der Waals surface area contributed by atoms with E-state index < -0.39 is 41.2 Å². The van der Waals surface area contributed by atoms with Crippen molar-refractivity contribution in [1.29, 1.82) is 0 Å². The lowest BCUT2D eigenvalue weighted by atomic mass is 10.0. The number of nitrogens with zero attached hydrogens (tertiary/aromatic N) is 1. The first-order valence-corrected chi connectivity index (χ1v) is 6.35. The minimum Gasteiger partial charge on any atom is -0.480 e. The highest BCUT2D eigenvalue weighted by molar-refractivity contribution is 5.92. The van der Waals surface area contributed by atoms with Gasteiger partial charge in [0.25, 0.3) is 0 Å². The summed E-state index contributed by atoms with van der Waals surface area (Å²) in [5.41, 5.74) is -0.795. The summed E-state index contributed by atoms with van der Waals surface area (Å²) in [5.74, 6) is -4.80. The highest BCUT2D eigenvalue weighted by Crippen LogP contribution is 2.23. The van der Waals surface area contributed by atoms with Gasteiger partial charge in [-0.15, -0.1) is 0 Å². The fraction of sp³-hybridized carbons (Fsp3) is 0.385. The van der Waals surface area contributed by atoms with Gasteiger partial charge in [0.2, 0.25) is 0 Å². The molecule has 0 aromatic heterocycles. The third-order valence-electron chi connectivity index (χ3n) is 3.29. The Morgan fingerprint density at radius 1 is 1.19 bits per heavy atom. The van der Waals surface area contributed by atoms with Crippen LogP contribution in [-0.2, 0) is 4.79 Å². The van der Waals surface area contributed by atoms with Crippen LogP contribution in [0.1, 0.15) is 19.3 Å². The van der Waals surface area contributed by atoms with Crippen LogP contribution in [0.3, 0.4) is 0 Å². The number of anilines is 1. The first-order chi connectivity index (χ1) is 9.90. The van der Waals surface area contributed by atoms with Crippen molar-refractivity contribution in [1.82, 2.24) is 4.90 Å². The lowest BCUT2D eigenvalue weighted by molar-refractivity contribution is -0.143. The number of rotatable bonds is 2. The fourth-order valence-corrected chi connectivity index (χ4v) is 2.27. The number of carboxylic acid groups (broad SMARTS) is 1. The standard InChI is InChI=1S/C13H13F3N2O3/c14-7-5-8(15)11(9(16)6-7)17-13(21)18-4-2-1-3-10(18)12(19)20/h5-6,10H,1-4H2,(H,17,21)(H,19,20). The van der Waals surface area contributed by atoms with Crippen molar-refractivity contribution in [3.63, 3.8) is 0 Å². The Balaban J connectivity index is 2.19. The molecule has 0 spiro atoms. The molecular weight excluding hydrogens is 289 g/mol. The lowest BCUT2D eigenvalue weighted by Crippen LogP contribution is -2.49. The maximum absolute atomic E-state index is 13.5. The van der Waals surface area contributed by atoms with Gasteiger partial charge in [-0.05, 0) is 19.3 Å². The second-order valence-electron chi connectivity index (χ2n) is 4.72. The second-order valence-corrected chi connectivity index (χ2v) is 4.72. The first-order valence-electron chi connectivity index (χ1n) is 6.35. The lowest BCUT2D eigenvalue weighted by Gasteiger charge is -2.32. The minimum absolute atomic E-state index is 0.174. The van der Waals surface area contributed by atoms with Crippen LogP contribution < -0.4 is 5.32 Å². The number of hydrogen-bond donors (Lipinski definition) is 2. The van der Waals surface area contributed by atoms with E-state index in [9.17, 15) is 22.8 Å². The molecule has 0 saturated carbocycles. The molecule has 2 amide bonds. The predicted molar refractivity (Wildman–Crippen MR) is 67.3 cm³/mol. The monoisotopic (exact) mass is 302 g/mol. The van der Waals surface area contributed by atoms with E-state index in [1.807, 2.05) is 5.32 Å². The Hall–Kier alpha value is -2.25. The summed E-state index contributed by atoms with van der Waals surface area (Å²) in [6.07, 6.45) is 1.53. The Bertz CT molecular complexity index is 557. The maximum atomic E-state index is 13.5. The van der Waals surface area contributed by atoms with Crippen LogP contribution in [0.25, 0.3) is 0 Å². The molecule has 1 aromatic rings. The van der Waals surface area contributed by atoms with Crippen molar-refractivity contribution >= 4 is 17.7 Å². The van der Waals surface area contributed by atoms with Crippen LogP contribution in [0.15, 0.2) is 12.1 Å². The molecule has 0 aliphatic carbocycles. The van der Waals surface area contributed by atoms with Gasteiger partial charge in [-0.1, -0.05) is 0 Å². The molecule has 114 valence electrons. The molecule has 2 N–H and O–H groups in total. The summed E-state index contributed by atoms with van der Waals surface area (Å²) in [4.78, 5) is 24.1. The van der Waals surface area contributed by atoms with Crippen molar-refractivity contribution < 1.29 is 27.9 Å². The van der Waals surface area contributed by atoms with E-state index >= 15 is 0 Å². The summed E-state index contributed by atoms with van der Waals surface area (Å²) in [6, 6.07) is -1.09. The number of carboxylic acids is 1. The number of aliphatic carboxylic acids is 1. The maximum Gasteiger partial charge on any atom is 0.326 e. The van der Waals surface area contributed by atoms with Gasteiger partial charge in [0, 0.05) is 18.7 Å². The first kappa shape index (κ1) is 15.1. The van der Waals surface area contributed by atoms with Gasteiger partial charge >= 0.3 is 12.0 Å². The van der Waals surface area contributed by atoms with E-state index in [1.54, 1.807) is 0 Å². The number of halogens is 3. The van der Waals surface area contributed by atoms with Gasteiger partial charge < -0.3 is 15.3 Å².